The first-order valence-corrected chi connectivity index (χ1v) is 9.58. The van der Waals surface area contributed by atoms with E-state index in [-0.39, 0.29) is 6.61 Å². The van der Waals surface area contributed by atoms with Crippen LogP contribution in [0.3, 0.4) is 0 Å². The zero-order valence-corrected chi connectivity index (χ0v) is 16.7. The fourth-order valence-corrected chi connectivity index (χ4v) is 3.40. The average Bonchev–Trinajstić information content (AvgIpc) is 2.68. The molecule has 2 rings (SSSR count). The molecule has 2 aromatic carbocycles. The van der Waals surface area contributed by atoms with Crippen LogP contribution in [0, 0.1) is 17.1 Å². The largest absolute Gasteiger partial charge is 0.497 e. The molecule has 0 aromatic heterocycles. The quantitative estimate of drug-likeness (QED) is 0.696. The van der Waals surface area contributed by atoms with Gasteiger partial charge in [-0.25, -0.2) is 4.39 Å². The maximum Gasteiger partial charge on any atom is 0.128 e. The van der Waals surface area contributed by atoms with Gasteiger partial charge in [0.25, 0.3) is 0 Å². The number of ether oxygens (including phenoxy) is 2. The third-order valence-corrected chi connectivity index (χ3v) is 5.61. The van der Waals surface area contributed by atoms with Gasteiger partial charge in [-0.2, -0.15) is 5.26 Å². The fraction of sp³-hybridized carbons (Fsp3) is 0.381. The predicted molar refractivity (Wildman–Crippen MR) is 107 cm³/mol. The van der Waals surface area contributed by atoms with E-state index in [1.807, 2.05) is 44.2 Å². The smallest absolute Gasteiger partial charge is 0.128 e. The number of hydrogen-bond donors (Lipinski definition) is 1. The van der Waals surface area contributed by atoms with E-state index in [1.165, 1.54) is 24.9 Å². The van der Waals surface area contributed by atoms with Crippen molar-refractivity contribution in [1.82, 2.24) is 0 Å². The molecule has 2 N–H and O–H groups in total. The summed E-state index contributed by atoms with van der Waals surface area (Å²) in [6, 6.07) is 16.4. The second kappa shape index (κ2) is 9.23. The molecular weight excluding hydrogens is 363 g/mol. The summed E-state index contributed by atoms with van der Waals surface area (Å²) in [5.74, 6) is 0.428. The maximum absolute atomic E-state index is 14.6. The van der Waals surface area contributed by atoms with Gasteiger partial charge >= 0.3 is 0 Å². The van der Waals surface area contributed by atoms with Crippen LogP contribution in [0.1, 0.15) is 25.0 Å². The molecule has 0 fully saturated rings. The van der Waals surface area contributed by atoms with Gasteiger partial charge in [-0.05, 0) is 37.6 Å². The van der Waals surface area contributed by atoms with Gasteiger partial charge < -0.3 is 15.2 Å². The van der Waals surface area contributed by atoms with E-state index < -0.39 is 16.1 Å². The normalized spacial score (nSPS) is 13.6. The molecule has 0 aliphatic carbocycles. The Labute approximate surface area is 164 Å². The van der Waals surface area contributed by atoms with Crippen LogP contribution in [0.2, 0.25) is 0 Å². The minimum Gasteiger partial charge on any atom is -0.497 e. The minimum absolute atomic E-state index is 0.112. The van der Waals surface area contributed by atoms with Crippen molar-refractivity contribution in [2.75, 3.05) is 19.5 Å². The van der Waals surface area contributed by atoms with Gasteiger partial charge in [0.1, 0.15) is 11.6 Å². The topological polar surface area (TPSA) is 68.3 Å². The molecule has 27 heavy (non-hydrogen) atoms. The lowest BCUT2D eigenvalue weighted by atomic mass is 9.93. The molecule has 2 aromatic rings. The van der Waals surface area contributed by atoms with Crippen molar-refractivity contribution < 1.29 is 13.9 Å². The van der Waals surface area contributed by atoms with Crippen LogP contribution in [-0.2, 0) is 16.9 Å². The highest BCUT2D eigenvalue weighted by atomic mass is 32.2. The maximum atomic E-state index is 14.6. The van der Waals surface area contributed by atoms with Crippen molar-refractivity contribution in [3.8, 4) is 11.8 Å². The summed E-state index contributed by atoms with van der Waals surface area (Å²) in [5.41, 5.74) is 6.84. The molecule has 0 amide bonds. The SMILES string of the molecule is COc1ccc(F)c(C(N)(COCc2ccccc2)CSC(C)(C)C#N)c1. The minimum atomic E-state index is -1.10. The highest BCUT2D eigenvalue weighted by Gasteiger charge is 2.34. The first-order valence-electron chi connectivity index (χ1n) is 8.59. The third-order valence-electron chi connectivity index (χ3n) is 4.14. The van der Waals surface area contributed by atoms with Crippen molar-refractivity contribution >= 4 is 11.8 Å². The van der Waals surface area contributed by atoms with Gasteiger partial charge in [0.2, 0.25) is 0 Å². The Bertz CT molecular complexity index is 793. The van der Waals surface area contributed by atoms with Gasteiger partial charge in [0.05, 0.1) is 36.7 Å². The van der Waals surface area contributed by atoms with Crippen molar-refractivity contribution in [3.63, 3.8) is 0 Å². The molecule has 6 heteroatoms. The van der Waals surface area contributed by atoms with Gasteiger partial charge in [-0.1, -0.05) is 30.3 Å². The van der Waals surface area contributed by atoms with Crippen LogP contribution in [0.4, 0.5) is 4.39 Å². The Kier molecular flexibility index (Phi) is 7.25. The van der Waals surface area contributed by atoms with Gasteiger partial charge in [-0.3, -0.25) is 0 Å². The number of rotatable bonds is 9. The lowest BCUT2D eigenvalue weighted by Crippen LogP contribution is -2.45. The summed E-state index contributed by atoms with van der Waals surface area (Å²) in [6.45, 7) is 4.11. The van der Waals surface area contributed by atoms with E-state index in [4.69, 9.17) is 15.2 Å². The van der Waals surface area contributed by atoms with E-state index >= 15 is 0 Å². The Morgan fingerprint density at radius 1 is 1.19 bits per heavy atom. The zero-order chi connectivity index (χ0) is 19.9. The molecule has 1 atom stereocenters. The van der Waals surface area contributed by atoms with E-state index in [1.54, 1.807) is 12.1 Å². The summed E-state index contributed by atoms with van der Waals surface area (Å²) in [4.78, 5) is 0. The van der Waals surface area contributed by atoms with Gasteiger partial charge in [-0.15, -0.1) is 11.8 Å². The predicted octanol–water partition coefficient (Wildman–Crippen LogP) is 4.24. The molecule has 0 aliphatic rings. The molecule has 0 radical (unpaired) electrons. The second-order valence-corrected chi connectivity index (χ2v) is 8.49. The number of thioether (sulfide) groups is 1. The lowest BCUT2D eigenvalue weighted by molar-refractivity contribution is 0.0786. The van der Waals surface area contributed by atoms with E-state index in [0.717, 1.165) is 5.56 Å². The average molecular weight is 389 g/mol. The van der Waals surface area contributed by atoms with Crippen LogP contribution in [0.15, 0.2) is 48.5 Å². The Morgan fingerprint density at radius 2 is 1.89 bits per heavy atom. The van der Waals surface area contributed by atoms with E-state index in [9.17, 15) is 9.65 Å². The molecule has 144 valence electrons. The molecule has 4 nitrogen and oxygen atoms in total. The summed E-state index contributed by atoms with van der Waals surface area (Å²) in [6.07, 6.45) is 0. The molecule has 0 aliphatic heterocycles. The highest BCUT2D eigenvalue weighted by molar-refractivity contribution is 8.00. The Balaban J connectivity index is 2.23. The number of nitrogens with two attached hydrogens (primary N) is 1. The number of hydrogen-bond acceptors (Lipinski definition) is 5. The lowest BCUT2D eigenvalue weighted by Gasteiger charge is -2.32. The second-order valence-electron chi connectivity index (χ2n) is 6.89. The molecule has 0 heterocycles. The van der Waals surface area contributed by atoms with Crippen molar-refractivity contribution in [3.05, 3.63) is 65.5 Å². The van der Waals surface area contributed by atoms with Gasteiger partial charge in [0.15, 0.2) is 0 Å². The van der Waals surface area contributed by atoms with E-state index in [0.29, 0.717) is 23.7 Å². The van der Waals surface area contributed by atoms with Crippen molar-refractivity contribution in [2.24, 2.45) is 5.73 Å². The van der Waals surface area contributed by atoms with Crippen molar-refractivity contribution in [2.45, 2.75) is 30.7 Å². The molecule has 0 saturated carbocycles. The zero-order valence-electron chi connectivity index (χ0n) is 15.9. The number of halogens is 1. The molecule has 1 unspecified atom stereocenters. The summed E-state index contributed by atoms with van der Waals surface area (Å²) in [5, 5.41) is 9.29. The third kappa shape index (κ3) is 5.96. The Morgan fingerprint density at radius 3 is 2.52 bits per heavy atom. The number of methoxy groups -OCH3 is 1. The van der Waals surface area contributed by atoms with E-state index in [2.05, 4.69) is 6.07 Å². The van der Waals surface area contributed by atoms with Crippen molar-refractivity contribution in [1.29, 1.82) is 5.26 Å². The highest BCUT2D eigenvalue weighted by Crippen LogP contribution is 2.34. The van der Waals surface area contributed by atoms with Crippen LogP contribution < -0.4 is 10.5 Å². The van der Waals surface area contributed by atoms with Gasteiger partial charge in [0, 0.05) is 11.3 Å². The fourth-order valence-electron chi connectivity index (χ4n) is 2.48. The molecule has 0 saturated heterocycles. The molecular formula is C21H25FN2O2S. The number of nitrogens with zero attached hydrogens (tertiary/aromatic N) is 1. The monoisotopic (exact) mass is 388 g/mol. The van der Waals surface area contributed by atoms with Crippen LogP contribution in [0.5, 0.6) is 5.75 Å². The summed E-state index contributed by atoms with van der Waals surface area (Å²) < 4.78 is 25.0. The van der Waals surface area contributed by atoms with Crippen LogP contribution in [-0.4, -0.2) is 24.2 Å². The molecule has 0 bridgehead atoms. The summed E-state index contributed by atoms with van der Waals surface area (Å²) >= 11 is 1.38. The standard InChI is InChI=1S/C21H25FN2O2S/c1-20(2,13-23)27-15-21(24,14-26-12-16-7-5-4-6-8-16)18-11-17(25-3)9-10-19(18)22/h4-11H,12,14-15,24H2,1-3H3. The summed E-state index contributed by atoms with van der Waals surface area (Å²) in [7, 11) is 1.52. The first-order chi connectivity index (χ1) is 12.8. The number of nitriles is 1. The van der Waals surface area contributed by atoms with Crippen LogP contribution >= 0.6 is 11.8 Å². The van der Waals surface area contributed by atoms with Crippen LogP contribution in [0.25, 0.3) is 0 Å². The first kappa shape index (κ1) is 21.2. The number of benzene rings is 2. The molecule has 0 spiro atoms. The Hall–Kier alpha value is -2.07.